The Morgan fingerprint density at radius 2 is 1.25 bits per heavy atom. The van der Waals surface area contributed by atoms with Gasteiger partial charge in [-0.2, -0.15) is 0 Å². The monoisotopic (exact) mass is 394 g/mol. The fourth-order valence-corrected chi connectivity index (χ4v) is 3.64. The highest BCUT2D eigenvalue weighted by atomic mass is 32.2. The first kappa shape index (κ1) is 19.3. The maximum atomic E-state index is 12.5. The average molecular weight is 394 g/mol. The number of hydrogen-bond donors (Lipinski definition) is 2. The molecule has 0 aliphatic heterocycles. The van der Waals surface area contributed by atoms with Gasteiger partial charge < -0.3 is 5.32 Å². The van der Waals surface area contributed by atoms with Gasteiger partial charge in [-0.05, 0) is 48.5 Å². The van der Waals surface area contributed by atoms with Crippen LogP contribution in [0.5, 0.6) is 0 Å². The van der Waals surface area contributed by atoms with E-state index in [9.17, 15) is 18.0 Å². The number of rotatable bonds is 6. The van der Waals surface area contributed by atoms with Gasteiger partial charge in [0.1, 0.15) is 0 Å². The lowest BCUT2D eigenvalue weighted by Gasteiger charge is -2.10. The van der Waals surface area contributed by atoms with Crippen LogP contribution in [-0.2, 0) is 14.8 Å². The summed E-state index contributed by atoms with van der Waals surface area (Å²) in [5.74, 6) is -0.373. The van der Waals surface area contributed by atoms with Gasteiger partial charge >= 0.3 is 0 Å². The first-order chi connectivity index (χ1) is 13.3. The number of anilines is 2. The first-order valence-corrected chi connectivity index (χ1v) is 9.94. The predicted molar refractivity (Wildman–Crippen MR) is 108 cm³/mol. The molecular formula is C21H18N2O4S. The summed E-state index contributed by atoms with van der Waals surface area (Å²) in [6.45, 7) is 1.37. The van der Waals surface area contributed by atoms with Crippen LogP contribution < -0.4 is 10.0 Å². The van der Waals surface area contributed by atoms with Gasteiger partial charge in [0, 0.05) is 29.4 Å². The van der Waals surface area contributed by atoms with Gasteiger partial charge in [0.2, 0.25) is 5.91 Å². The van der Waals surface area contributed by atoms with Crippen molar-refractivity contribution in [2.24, 2.45) is 0 Å². The Balaban J connectivity index is 1.74. The number of carbonyl (C=O) groups excluding carboxylic acids is 2. The van der Waals surface area contributed by atoms with Gasteiger partial charge in [-0.15, -0.1) is 0 Å². The van der Waals surface area contributed by atoms with Gasteiger partial charge in [-0.25, -0.2) is 8.42 Å². The molecule has 3 aromatic carbocycles. The van der Waals surface area contributed by atoms with Crippen molar-refractivity contribution in [2.75, 3.05) is 10.0 Å². The quantitative estimate of drug-likeness (QED) is 0.624. The summed E-state index contributed by atoms with van der Waals surface area (Å²) in [7, 11) is -3.79. The highest BCUT2D eigenvalue weighted by Crippen LogP contribution is 2.19. The summed E-state index contributed by atoms with van der Waals surface area (Å²) in [6.07, 6.45) is 0. The Morgan fingerprint density at radius 1 is 0.714 bits per heavy atom. The second kappa shape index (κ2) is 8.06. The molecular weight excluding hydrogens is 376 g/mol. The van der Waals surface area contributed by atoms with Gasteiger partial charge in [0.05, 0.1) is 4.90 Å². The van der Waals surface area contributed by atoms with E-state index in [0.717, 1.165) is 0 Å². The van der Waals surface area contributed by atoms with Crippen molar-refractivity contribution < 1.29 is 18.0 Å². The molecule has 0 saturated carbocycles. The van der Waals surface area contributed by atoms with Crippen molar-refractivity contribution >= 4 is 33.1 Å². The molecule has 0 atom stereocenters. The number of hydrogen-bond acceptors (Lipinski definition) is 4. The largest absolute Gasteiger partial charge is 0.326 e. The SMILES string of the molecule is CC(=O)Nc1ccc(S(=O)(=O)Nc2ccc(C(=O)c3ccccc3)cc2)cc1. The summed E-state index contributed by atoms with van der Waals surface area (Å²) in [4.78, 5) is 23.5. The van der Waals surface area contributed by atoms with Crippen LogP contribution in [0.15, 0.2) is 83.8 Å². The molecule has 0 spiro atoms. The Labute approximate surface area is 163 Å². The minimum absolute atomic E-state index is 0.0611. The van der Waals surface area contributed by atoms with Gasteiger partial charge in [0.15, 0.2) is 5.78 Å². The molecule has 1 amide bonds. The third kappa shape index (κ3) is 4.63. The van der Waals surface area contributed by atoms with Crippen molar-refractivity contribution in [1.82, 2.24) is 0 Å². The normalized spacial score (nSPS) is 10.9. The zero-order chi connectivity index (χ0) is 20.1. The van der Waals surface area contributed by atoms with Crippen LogP contribution in [0.1, 0.15) is 22.8 Å². The van der Waals surface area contributed by atoms with E-state index in [1.54, 1.807) is 48.5 Å². The summed E-state index contributed by atoms with van der Waals surface area (Å²) < 4.78 is 27.5. The molecule has 0 saturated heterocycles. The molecule has 3 rings (SSSR count). The zero-order valence-corrected chi connectivity index (χ0v) is 15.9. The number of carbonyl (C=O) groups is 2. The van der Waals surface area contributed by atoms with Crippen LogP contribution in [0.2, 0.25) is 0 Å². The Bertz CT molecular complexity index is 1090. The van der Waals surface area contributed by atoms with Gasteiger partial charge in [0.25, 0.3) is 10.0 Å². The van der Waals surface area contributed by atoms with Crippen LogP contribution in [0.4, 0.5) is 11.4 Å². The van der Waals surface area contributed by atoms with E-state index in [1.165, 1.54) is 31.2 Å². The van der Waals surface area contributed by atoms with E-state index in [1.807, 2.05) is 6.07 Å². The number of ketones is 1. The standard InChI is InChI=1S/C21H18N2O4S/c1-15(24)22-18-11-13-20(14-12-18)28(26,27)23-19-9-7-17(8-10-19)21(25)16-5-3-2-4-6-16/h2-14,23H,1H3,(H,22,24). The molecule has 28 heavy (non-hydrogen) atoms. The van der Waals surface area contributed by atoms with Crippen molar-refractivity contribution in [3.05, 3.63) is 90.0 Å². The molecule has 0 aromatic heterocycles. The summed E-state index contributed by atoms with van der Waals surface area (Å²) >= 11 is 0. The minimum Gasteiger partial charge on any atom is -0.326 e. The van der Waals surface area contributed by atoms with E-state index in [2.05, 4.69) is 10.0 Å². The lowest BCUT2D eigenvalue weighted by molar-refractivity contribution is -0.114. The van der Waals surface area contributed by atoms with Crippen molar-refractivity contribution in [1.29, 1.82) is 0 Å². The number of nitrogens with one attached hydrogen (secondary N) is 2. The van der Waals surface area contributed by atoms with E-state index in [0.29, 0.717) is 22.5 Å². The number of sulfonamides is 1. The van der Waals surface area contributed by atoms with Crippen molar-refractivity contribution in [2.45, 2.75) is 11.8 Å². The topological polar surface area (TPSA) is 92.3 Å². The lowest BCUT2D eigenvalue weighted by Crippen LogP contribution is -2.13. The van der Waals surface area contributed by atoms with Gasteiger partial charge in [-0.3, -0.25) is 14.3 Å². The maximum absolute atomic E-state index is 12.5. The number of amides is 1. The molecule has 0 radical (unpaired) electrons. The first-order valence-electron chi connectivity index (χ1n) is 8.45. The van der Waals surface area contributed by atoms with Crippen molar-refractivity contribution in [3.63, 3.8) is 0 Å². The van der Waals surface area contributed by atoms with Crippen molar-refractivity contribution in [3.8, 4) is 0 Å². The van der Waals surface area contributed by atoms with Crippen LogP contribution >= 0.6 is 0 Å². The fraction of sp³-hybridized carbons (Fsp3) is 0.0476. The zero-order valence-electron chi connectivity index (χ0n) is 15.0. The maximum Gasteiger partial charge on any atom is 0.261 e. The molecule has 0 fully saturated rings. The third-order valence-electron chi connectivity index (χ3n) is 3.92. The smallest absolute Gasteiger partial charge is 0.261 e. The molecule has 0 aliphatic rings. The van der Waals surface area contributed by atoms with Crippen LogP contribution in [-0.4, -0.2) is 20.1 Å². The molecule has 2 N–H and O–H groups in total. The fourth-order valence-electron chi connectivity index (χ4n) is 2.58. The van der Waals surface area contributed by atoms with Crippen LogP contribution in [0.3, 0.4) is 0 Å². The van der Waals surface area contributed by atoms with E-state index in [-0.39, 0.29) is 16.6 Å². The summed E-state index contributed by atoms with van der Waals surface area (Å²) in [6, 6.07) is 20.9. The molecule has 0 heterocycles. The van der Waals surface area contributed by atoms with Gasteiger partial charge in [-0.1, -0.05) is 30.3 Å². The van der Waals surface area contributed by atoms with Crippen LogP contribution in [0, 0.1) is 0 Å². The number of benzene rings is 3. The minimum atomic E-state index is -3.79. The Kier molecular flexibility index (Phi) is 5.56. The van der Waals surface area contributed by atoms with E-state index < -0.39 is 10.0 Å². The molecule has 0 bridgehead atoms. The second-order valence-corrected chi connectivity index (χ2v) is 7.77. The highest BCUT2D eigenvalue weighted by molar-refractivity contribution is 7.92. The molecule has 142 valence electrons. The Hall–Kier alpha value is -3.45. The molecule has 7 heteroatoms. The van der Waals surface area contributed by atoms with E-state index >= 15 is 0 Å². The lowest BCUT2D eigenvalue weighted by atomic mass is 10.0. The van der Waals surface area contributed by atoms with E-state index in [4.69, 9.17) is 0 Å². The summed E-state index contributed by atoms with van der Waals surface area (Å²) in [5, 5.41) is 2.58. The highest BCUT2D eigenvalue weighted by Gasteiger charge is 2.15. The van der Waals surface area contributed by atoms with Crippen LogP contribution in [0.25, 0.3) is 0 Å². The average Bonchev–Trinajstić information content (AvgIpc) is 2.68. The predicted octanol–water partition coefficient (Wildman–Crippen LogP) is 3.68. The third-order valence-corrected chi connectivity index (χ3v) is 5.32. The Morgan fingerprint density at radius 3 is 1.82 bits per heavy atom. The molecule has 6 nitrogen and oxygen atoms in total. The second-order valence-electron chi connectivity index (χ2n) is 6.08. The molecule has 0 unspecified atom stereocenters. The molecule has 0 aliphatic carbocycles. The molecule has 3 aromatic rings. The summed E-state index contributed by atoms with van der Waals surface area (Å²) in [5.41, 5.74) is 1.88.